The van der Waals surface area contributed by atoms with Gasteiger partial charge in [-0.3, -0.25) is 0 Å². The first-order valence-electron chi connectivity index (χ1n) is 5.86. The SMILES string of the molecule is CCCOc1cc(CBr)c(OCCC)cc1Br. The summed E-state index contributed by atoms with van der Waals surface area (Å²) in [6.45, 7) is 5.66. The molecule has 0 N–H and O–H groups in total. The van der Waals surface area contributed by atoms with E-state index in [1.165, 1.54) is 0 Å². The van der Waals surface area contributed by atoms with Gasteiger partial charge in [-0.25, -0.2) is 0 Å². The Balaban J connectivity index is 2.89. The van der Waals surface area contributed by atoms with Crippen molar-refractivity contribution in [2.75, 3.05) is 13.2 Å². The molecule has 0 unspecified atom stereocenters. The van der Waals surface area contributed by atoms with Gasteiger partial charge >= 0.3 is 0 Å². The third-order valence-electron chi connectivity index (χ3n) is 2.18. The molecule has 0 spiro atoms. The molecule has 4 heteroatoms. The van der Waals surface area contributed by atoms with Gasteiger partial charge in [0.1, 0.15) is 11.5 Å². The van der Waals surface area contributed by atoms with E-state index >= 15 is 0 Å². The first kappa shape index (κ1) is 14.8. The molecule has 0 saturated carbocycles. The van der Waals surface area contributed by atoms with Crippen LogP contribution in [0, 0.1) is 0 Å². The summed E-state index contributed by atoms with van der Waals surface area (Å²) in [7, 11) is 0. The standard InChI is InChI=1S/C13H18Br2O2/c1-3-5-16-12-8-11(15)13(17-6-4-2)7-10(12)9-14/h7-8H,3-6,9H2,1-2H3. The van der Waals surface area contributed by atoms with E-state index in [0.29, 0.717) is 0 Å². The fourth-order valence-electron chi connectivity index (χ4n) is 1.35. The Morgan fingerprint density at radius 2 is 1.59 bits per heavy atom. The van der Waals surface area contributed by atoms with E-state index in [0.717, 1.165) is 52.9 Å². The number of benzene rings is 1. The Bertz CT molecular complexity index is 354. The fourth-order valence-corrected chi connectivity index (χ4v) is 2.23. The molecular formula is C13H18Br2O2. The number of rotatable bonds is 7. The van der Waals surface area contributed by atoms with Crippen molar-refractivity contribution in [2.45, 2.75) is 32.0 Å². The number of alkyl halides is 1. The highest BCUT2D eigenvalue weighted by atomic mass is 79.9. The zero-order chi connectivity index (χ0) is 12.7. The zero-order valence-electron chi connectivity index (χ0n) is 10.3. The van der Waals surface area contributed by atoms with Gasteiger partial charge in [0.25, 0.3) is 0 Å². The first-order chi connectivity index (χ1) is 8.22. The molecule has 0 aliphatic rings. The molecule has 0 atom stereocenters. The van der Waals surface area contributed by atoms with Crippen molar-refractivity contribution in [2.24, 2.45) is 0 Å². The molecule has 0 aliphatic carbocycles. The molecule has 0 fully saturated rings. The third kappa shape index (κ3) is 4.51. The summed E-state index contributed by atoms with van der Waals surface area (Å²) in [6, 6.07) is 4.01. The van der Waals surface area contributed by atoms with Crippen LogP contribution in [0.3, 0.4) is 0 Å². The lowest BCUT2D eigenvalue weighted by Gasteiger charge is -2.13. The van der Waals surface area contributed by atoms with Gasteiger partial charge in [0.2, 0.25) is 0 Å². The number of hydrogen-bond donors (Lipinski definition) is 0. The van der Waals surface area contributed by atoms with E-state index in [-0.39, 0.29) is 0 Å². The largest absolute Gasteiger partial charge is 0.493 e. The van der Waals surface area contributed by atoms with E-state index in [9.17, 15) is 0 Å². The molecule has 1 aromatic carbocycles. The third-order valence-corrected chi connectivity index (χ3v) is 3.41. The predicted octanol–water partition coefficient (Wildman–Crippen LogP) is 4.92. The first-order valence-corrected chi connectivity index (χ1v) is 7.78. The van der Waals surface area contributed by atoms with Gasteiger partial charge in [0.15, 0.2) is 0 Å². The molecule has 0 amide bonds. The summed E-state index contributed by atoms with van der Waals surface area (Å²) in [5.41, 5.74) is 1.12. The topological polar surface area (TPSA) is 18.5 Å². The van der Waals surface area contributed by atoms with Crippen molar-refractivity contribution in [1.82, 2.24) is 0 Å². The Morgan fingerprint density at radius 3 is 2.12 bits per heavy atom. The Morgan fingerprint density at radius 1 is 1.00 bits per heavy atom. The van der Waals surface area contributed by atoms with Crippen LogP contribution < -0.4 is 9.47 Å². The fraction of sp³-hybridized carbons (Fsp3) is 0.538. The minimum absolute atomic E-state index is 0.732. The highest BCUT2D eigenvalue weighted by Gasteiger charge is 2.09. The molecule has 0 saturated heterocycles. The van der Waals surface area contributed by atoms with Crippen molar-refractivity contribution in [3.05, 3.63) is 22.2 Å². The van der Waals surface area contributed by atoms with Crippen LogP contribution in [0.15, 0.2) is 16.6 Å². The Kier molecular flexibility index (Phi) is 6.97. The van der Waals surface area contributed by atoms with E-state index < -0.39 is 0 Å². The highest BCUT2D eigenvalue weighted by molar-refractivity contribution is 9.10. The van der Waals surface area contributed by atoms with Crippen LogP contribution in [-0.4, -0.2) is 13.2 Å². The van der Waals surface area contributed by atoms with E-state index in [2.05, 4.69) is 45.7 Å². The van der Waals surface area contributed by atoms with Crippen molar-refractivity contribution < 1.29 is 9.47 Å². The average molecular weight is 366 g/mol. The van der Waals surface area contributed by atoms with Crippen LogP contribution in [0.4, 0.5) is 0 Å². The van der Waals surface area contributed by atoms with Crippen LogP contribution in [0.1, 0.15) is 32.3 Å². The average Bonchev–Trinajstić information content (AvgIpc) is 2.35. The lowest BCUT2D eigenvalue weighted by atomic mass is 10.2. The zero-order valence-corrected chi connectivity index (χ0v) is 13.4. The van der Waals surface area contributed by atoms with E-state index in [4.69, 9.17) is 9.47 Å². The van der Waals surface area contributed by atoms with Gasteiger partial charge in [-0.05, 0) is 40.9 Å². The maximum Gasteiger partial charge on any atom is 0.134 e. The van der Waals surface area contributed by atoms with Gasteiger partial charge in [-0.1, -0.05) is 29.8 Å². The van der Waals surface area contributed by atoms with Gasteiger partial charge < -0.3 is 9.47 Å². The molecule has 17 heavy (non-hydrogen) atoms. The molecule has 0 radical (unpaired) electrons. The quantitative estimate of drug-likeness (QED) is 0.638. The molecule has 96 valence electrons. The molecule has 0 aliphatic heterocycles. The van der Waals surface area contributed by atoms with E-state index in [1.54, 1.807) is 0 Å². The molecule has 1 aromatic rings. The number of hydrogen-bond acceptors (Lipinski definition) is 2. The van der Waals surface area contributed by atoms with Gasteiger partial charge in [-0.2, -0.15) is 0 Å². The summed E-state index contributed by atoms with van der Waals surface area (Å²) in [4.78, 5) is 0. The van der Waals surface area contributed by atoms with Crippen LogP contribution in [-0.2, 0) is 5.33 Å². The second-order valence-corrected chi connectivity index (χ2v) is 5.14. The van der Waals surface area contributed by atoms with Gasteiger partial charge in [0.05, 0.1) is 17.7 Å². The van der Waals surface area contributed by atoms with Crippen LogP contribution >= 0.6 is 31.9 Å². The lowest BCUT2D eigenvalue weighted by molar-refractivity contribution is 0.305. The highest BCUT2D eigenvalue weighted by Crippen LogP contribution is 2.34. The smallest absolute Gasteiger partial charge is 0.134 e. The van der Waals surface area contributed by atoms with Gasteiger partial charge in [-0.15, -0.1) is 0 Å². The van der Waals surface area contributed by atoms with E-state index in [1.807, 2.05) is 12.1 Å². The van der Waals surface area contributed by atoms with Crippen molar-refractivity contribution in [3.8, 4) is 11.5 Å². The molecule has 0 heterocycles. The normalized spacial score (nSPS) is 10.4. The maximum atomic E-state index is 5.70. The number of ether oxygens (including phenoxy) is 2. The lowest BCUT2D eigenvalue weighted by Crippen LogP contribution is -2.01. The van der Waals surface area contributed by atoms with Crippen LogP contribution in [0.2, 0.25) is 0 Å². The second-order valence-electron chi connectivity index (χ2n) is 3.72. The minimum Gasteiger partial charge on any atom is -0.493 e. The molecule has 0 aromatic heterocycles. The summed E-state index contributed by atoms with van der Waals surface area (Å²) < 4.78 is 12.3. The van der Waals surface area contributed by atoms with Crippen LogP contribution in [0.25, 0.3) is 0 Å². The number of halogens is 2. The van der Waals surface area contributed by atoms with Crippen LogP contribution in [0.5, 0.6) is 11.5 Å². The Hall–Kier alpha value is -0.220. The summed E-state index contributed by atoms with van der Waals surface area (Å²) in [5.74, 6) is 1.80. The molecule has 1 rings (SSSR count). The van der Waals surface area contributed by atoms with Crippen molar-refractivity contribution in [3.63, 3.8) is 0 Å². The van der Waals surface area contributed by atoms with Crippen molar-refractivity contribution >= 4 is 31.9 Å². The minimum atomic E-state index is 0.732. The summed E-state index contributed by atoms with van der Waals surface area (Å²) in [6.07, 6.45) is 2.01. The second kappa shape index (κ2) is 7.98. The predicted molar refractivity (Wildman–Crippen MR) is 78.3 cm³/mol. The summed E-state index contributed by atoms with van der Waals surface area (Å²) >= 11 is 6.99. The Labute approximate surface area is 120 Å². The summed E-state index contributed by atoms with van der Waals surface area (Å²) in [5, 5.41) is 0.766. The van der Waals surface area contributed by atoms with Crippen molar-refractivity contribution in [1.29, 1.82) is 0 Å². The molecule has 2 nitrogen and oxygen atoms in total. The maximum absolute atomic E-state index is 5.70. The molecular weight excluding hydrogens is 348 g/mol. The molecule has 0 bridgehead atoms. The monoisotopic (exact) mass is 364 g/mol. The van der Waals surface area contributed by atoms with Gasteiger partial charge in [0, 0.05) is 10.9 Å².